The highest BCUT2D eigenvalue weighted by atomic mass is 15.1. The molecule has 1 fully saturated rings. The van der Waals surface area contributed by atoms with Gasteiger partial charge in [-0.05, 0) is 51.6 Å². The molecule has 1 saturated carbocycles. The average Bonchev–Trinajstić information content (AvgIpc) is 2.21. The molecule has 1 aliphatic carbocycles. The SMILES string of the molecule is CCC(CNC1CCC(C)CC1C)N(C)C. The summed E-state index contributed by atoms with van der Waals surface area (Å²) in [5.41, 5.74) is 0. The molecule has 0 amide bonds. The van der Waals surface area contributed by atoms with Crippen molar-refractivity contribution in [2.75, 3.05) is 20.6 Å². The number of hydrogen-bond acceptors (Lipinski definition) is 2. The largest absolute Gasteiger partial charge is 0.312 e. The van der Waals surface area contributed by atoms with Crippen LogP contribution in [0.4, 0.5) is 0 Å². The molecule has 0 saturated heterocycles. The minimum Gasteiger partial charge on any atom is -0.312 e. The van der Waals surface area contributed by atoms with E-state index in [1.54, 1.807) is 0 Å². The van der Waals surface area contributed by atoms with Crippen LogP contribution in [-0.4, -0.2) is 37.6 Å². The van der Waals surface area contributed by atoms with Crippen molar-refractivity contribution in [1.29, 1.82) is 0 Å². The van der Waals surface area contributed by atoms with Gasteiger partial charge < -0.3 is 10.2 Å². The summed E-state index contributed by atoms with van der Waals surface area (Å²) < 4.78 is 0. The molecule has 4 atom stereocenters. The Kier molecular flexibility index (Phi) is 5.77. The van der Waals surface area contributed by atoms with Crippen LogP contribution in [0.15, 0.2) is 0 Å². The number of rotatable bonds is 5. The Morgan fingerprint density at radius 1 is 1.25 bits per heavy atom. The van der Waals surface area contributed by atoms with Gasteiger partial charge in [-0.3, -0.25) is 0 Å². The summed E-state index contributed by atoms with van der Waals surface area (Å²) in [7, 11) is 4.37. The molecule has 4 unspecified atom stereocenters. The molecule has 0 aromatic rings. The van der Waals surface area contributed by atoms with E-state index >= 15 is 0 Å². The van der Waals surface area contributed by atoms with Crippen LogP contribution in [0, 0.1) is 11.8 Å². The van der Waals surface area contributed by atoms with Gasteiger partial charge >= 0.3 is 0 Å². The number of nitrogens with zero attached hydrogens (tertiary/aromatic N) is 1. The van der Waals surface area contributed by atoms with E-state index in [0.29, 0.717) is 6.04 Å². The van der Waals surface area contributed by atoms with Gasteiger partial charge in [0.1, 0.15) is 0 Å². The normalized spacial score (nSPS) is 33.0. The van der Waals surface area contributed by atoms with Gasteiger partial charge in [-0.1, -0.05) is 20.8 Å². The first kappa shape index (κ1) is 14.0. The van der Waals surface area contributed by atoms with E-state index in [4.69, 9.17) is 0 Å². The van der Waals surface area contributed by atoms with Gasteiger partial charge in [-0.25, -0.2) is 0 Å². The molecule has 0 spiro atoms. The van der Waals surface area contributed by atoms with Crippen molar-refractivity contribution in [1.82, 2.24) is 10.2 Å². The van der Waals surface area contributed by atoms with Crippen LogP contribution in [-0.2, 0) is 0 Å². The maximum Gasteiger partial charge on any atom is 0.0212 e. The molecule has 1 aliphatic rings. The molecule has 0 bridgehead atoms. The maximum absolute atomic E-state index is 3.78. The zero-order valence-electron chi connectivity index (χ0n) is 11.8. The Hall–Kier alpha value is -0.0800. The summed E-state index contributed by atoms with van der Waals surface area (Å²) in [6, 6.07) is 1.44. The molecular weight excluding hydrogens is 196 g/mol. The smallest absolute Gasteiger partial charge is 0.0212 e. The van der Waals surface area contributed by atoms with Gasteiger partial charge in [0.15, 0.2) is 0 Å². The van der Waals surface area contributed by atoms with Crippen LogP contribution in [0.1, 0.15) is 46.5 Å². The highest BCUT2D eigenvalue weighted by molar-refractivity contribution is 4.82. The first-order chi connectivity index (χ1) is 7.54. The number of nitrogens with one attached hydrogen (secondary N) is 1. The van der Waals surface area contributed by atoms with E-state index < -0.39 is 0 Å². The van der Waals surface area contributed by atoms with Gasteiger partial charge in [0.2, 0.25) is 0 Å². The quantitative estimate of drug-likeness (QED) is 0.775. The second-order valence-corrected chi connectivity index (χ2v) is 5.94. The van der Waals surface area contributed by atoms with Crippen molar-refractivity contribution in [3.05, 3.63) is 0 Å². The molecule has 2 heteroatoms. The summed E-state index contributed by atoms with van der Waals surface area (Å²) >= 11 is 0. The zero-order chi connectivity index (χ0) is 12.1. The van der Waals surface area contributed by atoms with Crippen molar-refractivity contribution >= 4 is 0 Å². The molecule has 0 aromatic heterocycles. The maximum atomic E-state index is 3.78. The third-order valence-electron chi connectivity index (χ3n) is 4.25. The van der Waals surface area contributed by atoms with Gasteiger partial charge in [0.25, 0.3) is 0 Å². The molecule has 1 N–H and O–H groups in total. The standard InChI is InChI=1S/C14H30N2/c1-6-13(16(4)5)10-15-14-8-7-11(2)9-12(14)3/h11-15H,6-10H2,1-5H3. The first-order valence-electron chi connectivity index (χ1n) is 6.94. The van der Waals surface area contributed by atoms with Crippen LogP contribution in [0.5, 0.6) is 0 Å². The fourth-order valence-electron chi connectivity index (χ4n) is 2.95. The summed E-state index contributed by atoms with van der Waals surface area (Å²) in [6.45, 7) is 8.22. The first-order valence-corrected chi connectivity index (χ1v) is 6.94. The van der Waals surface area contributed by atoms with Crippen LogP contribution in [0.2, 0.25) is 0 Å². The van der Waals surface area contributed by atoms with E-state index in [0.717, 1.165) is 24.4 Å². The third kappa shape index (κ3) is 4.06. The van der Waals surface area contributed by atoms with Crippen molar-refractivity contribution in [3.63, 3.8) is 0 Å². The second kappa shape index (κ2) is 6.61. The molecular formula is C14H30N2. The lowest BCUT2D eigenvalue weighted by atomic mass is 9.80. The lowest BCUT2D eigenvalue weighted by molar-refractivity contribution is 0.203. The highest BCUT2D eigenvalue weighted by Crippen LogP contribution is 2.28. The Bertz CT molecular complexity index is 191. The summed E-state index contributed by atoms with van der Waals surface area (Å²) in [5, 5.41) is 3.78. The van der Waals surface area contributed by atoms with Crippen molar-refractivity contribution < 1.29 is 0 Å². The van der Waals surface area contributed by atoms with Gasteiger partial charge in [-0.2, -0.15) is 0 Å². The van der Waals surface area contributed by atoms with Gasteiger partial charge in [0, 0.05) is 18.6 Å². The molecule has 0 aromatic carbocycles. The third-order valence-corrected chi connectivity index (χ3v) is 4.25. The molecule has 16 heavy (non-hydrogen) atoms. The predicted molar refractivity (Wildman–Crippen MR) is 71.7 cm³/mol. The Labute approximate surface area is 102 Å². The lowest BCUT2D eigenvalue weighted by Gasteiger charge is -2.35. The molecule has 1 rings (SSSR count). The van der Waals surface area contributed by atoms with Gasteiger partial charge in [0.05, 0.1) is 0 Å². The van der Waals surface area contributed by atoms with Crippen molar-refractivity contribution in [2.24, 2.45) is 11.8 Å². The number of hydrogen-bond donors (Lipinski definition) is 1. The topological polar surface area (TPSA) is 15.3 Å². The molecule has 2 nitrogen and oxygen atoms in total. The highest BCUT2D eigenvalue weighted by Gasteiger charge is 2.25. The second-order valence-electron chi connectivity index (χ2n) is 5.94. The van der Waals surface area contributed by atoms with E-state index in [1.165, 1.54) is 25.7 Å². The molecule has 0 heterocycles. The summed E-state index contributed by atoms with van der Waals surface area (Å²) in [4.78, 5) is 2.34. The van der Waals surface area contributed by atoms with Crippen LogP contribution >= 0.6 is 0 Å². The van der Waals surface area contributed by atoms with Crippen LogP contribution < -0.4 is 5.32 Å². The monoisotopic (exact) mass is 226 g/mol. The fraction of sp³-hybridized carbons (Fsp3) is 1.00. The van der Waals surface area contributed by atoms with E-state index in [1.807, 2.05) is 0 Å². The summed E-state index contributed by atoms with van der Waals surface area (Å²) in [5.74, 6) is 1.78. The van der Waals surface area contributed by atoms with Crippen LogP contribution in [0.25, 0.3) is 0 Å². The molecule has 0 aliphatic heterocycles. The van der Waals surface area contributed by atoms with E-state index in [-0.39, 0.29) is 0 Å². The van der Waals surface area contributed by atoms with E-state index in [9.17, 15) is 0 Å². The van der Waals surface area contributed by atoms with Crippen molar-refractivity contribution in [2.45, 2.75) is 58.5 Å². The van der Waals surface area contributed by atoms with Gasteiger partial charge in [-0.15, -0.1) is 0 Å². The minimum atomic E-state index is 0.687. The minimum absolute atomic E-state index is 0.687. The van der Waals surface area contributed by atoms with Crippen molar-refractivity contribution in [3.8, 4) is 0 Å². The zero-order valence-corrected chi connectivity index (χ0v) is 11.8. The molecule has 96 valence electrons. The Balaban J connectivity index is 2.31. The Morgan fingerprint density at radius 3 is 2.44 bits per heavy atom. The van der Waals surface area contributed by atoms with E-state index in [2.05, 4.69) is 45.1 Å². The average molecular weight is 226 g/mol. The Morgan fingerprint density at radius 2 is 1.94 bits per heavy atom. The van der Waals surface area contributed by atoms with Crippen LogP contribution in [0.3, 0.4) is 0 Å². The summed E-state index contributed by atoms with van der Waals surface area (Å²) in [6.07, 6.45) is 5.40. The lowest BCUT2D eigenvalue weighted by Crippen LogP contribution is -2.45. The predicted octanol–water partition coefficient (Wildman–Crippen LogP) is 2.74. The number of likely N-dealkylation sites (N-methyl/N-ethyl adjacent to an activating group) is 1. The fourth-order valence-corrected chi connectivity index (χ4v) is 2.95. The molecule has 0 radical (unpaired) electrons.